The normalized spacial score (nSPS) is 14.6. The van der Waals surface area contributed by atoms with Crippen molar-refractivity contribution in [2.45, 2.75) is 119 Å². The molecule has 0 rings (SSSR count). The second kappa shape index (κ2) is 11.9. The van der Waals surface area contributed by atoms with Gasteiger partial charge in [-0.15, -0.1) is 0 Å². The molecular weight excluding hydrogens is 507 g/mol. The Morgan fingerprint density at radius 3 is 1.25 bits per heavy atom. The summed E-state index contributed by atoms with van der Waals surface area (Å²) in [5.74, 6) is 3.82. The molecule has 0 amide bonds. The van der Waals surface area contributed by atoms with Crippen molar-refractivity contribution >= 4 is 29.9 Å². The minimum atomic E-state index is -3.17. The summed E-state index contributed by atoms with van der Waals surface area (Å²) in [4.78, 5) is 0. The number of nitrogens with zero attached hydrogens (tertiary/aromatic N) is 2. The molecule has 0 aliphatic heterocycles. The van der Waals surface area contributed by atoms with Gasteiger partial charge in [-0.05, 0) is 0 Å². The SMILES string of the molecule is CC[N](CC)[Ge]([C]#CC(C)(C)C)(/[C](=C/C(C)(C)C)[Ga]([C](C)(C)C)[C](C)(C)C)[N](CC)CC. The molecule has 0 bridgehead atoms. The van der Waals surface area contributed by atoms with E-state index in [0.717, 1.165) is 26.2 Å². The van der Waals surface area contributed by atoms with E-state index in [4.69, 9.17) is 0 Å². The molecule has 0 N–H and O–H groups in total. The molecule has 32 heavy (non-hydrogen) atoms. The summed E-state index contributed by atoms with van der Waals surface area (Å²) in [5.41, 5.74) is 0.158. The van der Waals surface area contributed by atoms with Crippen LogP contribution in [0.2, 0.25) is 7.94 Å². The standard InChI is InChI=1S/C20H39GeN2.2C4H9.Ga/c1-11-22(12-2)21(23(13-3)14-4,17-15-19(5,6)7)18-16-20(8,9)10;2*1-4(2)3;/h15H,11-14H2,1-10H3;2*1-3H3;. The van der Waals surface area contributed by atoms with E-state index in [1.165, 1.54) is 0 Å². The van der Waals surface area contributed by atoms with Crippen molar-refractivity contribution in [3.63, 3.8) is 0 Å². The van der Waals surface area contributed by atoms with Crippen molar-refractivity contribution in [3.8, 4) is 10.7 Å². The van der Waals surface area contributed by atoms with Gasteiger partial charge < -0.3 is 0 Å². The summed E-state index contributed by atoms with van der Waals surface area (Å²) in [7, 11) is 0. The molecule has 0 heterocycles. The zero-order valence-corrected chi connectivity index (χ0v) is 29.4. The molecule has 0 aliphatic carbocycles. The Morgan fingerprint density at radius 2 is 1.03 bits per heavy atom. The van der Waals surface area contributed by atoms with E-state index >= 15 is 0 Å². The summed E-state index contributed by atoms with van der Waals surface area (Å²) < 4.78 is 12.4. The average molecular weight is 564 g/mol. The van der Waals surface area contributed by atoms with Gasteiger partial charge in [-0.3, -0.25) is 0 Å². The van der Waals surface area contributed by atoms with Gasteiger partial charge in [0.1, 0.15) is 0 Å². The van der Waals surface area contributed by atoms with E-state index < -0.39 is 29.9 Å². The van der Waals surface area contributed by atoms with Crippen LogP contribution in [0.1, 0.15) is 111 Å². The van der Waals surface area contributed by atoms with Crippen molar-refractivity contribution < 1.29 is 0 Å². The van der Waals surface area contributed by atoms with Gasteiger partial charge in [0, 0.05) is 0 Å². The molecular formula is C28H57GaGeN2. The maximum atomic E-state index is 4.19. The van der Waals surface area contributed by atoms with E-state index in [2.05, 4.69) is 135 Å². The Kier molecular flexibility index (Phi) is 12.0. The van der Waals surface area contributed by atoms with Gasteiger partial charge in [-0.25, -0.2) is 0 Å². The first-order chi connectivity index (χ1) is 14.2. The van der Waals surface area contributed by atoms with Gasteiger partial charge in [-0.2, -0.15) is 0 Å². The van der Waals surface area contributed by atoms with Gasteiger partial charge >= 0.3 is 213 Å². The van der Waals surface area contributed by atoms with Gasteiger partial charge in [0.2, 0.25) is 0 Å². The predicted octanol–water partition coefficient (Wildman–Crippen LogP) is 7.85. The molecule has 2 nitrogen and oxygen atoms in total. The molecule has 0 saturated heterocycles. The first kappa shape index (κ1) is 32.4. The molecule has 0 fully saturated rings. The van der Waals surface area contributed by atoms with Crippen molar-refractivity contribution in [2.24, 2.45) is 10.8 Å². The van der Waals surface area contributed by atoms with E-state index in [9.17, 15) is 0 Å². The third-order valence-corrected chi connectivity index (χ3v) is 32.0. The van der Waals surface area contributed by atoms with Crippen LogP contribution >= 0.6 is 0 Å². The van der Waals surface area contributed by atoms with Crippen LogP contribution in [0.3, 0.4) is 0 Å². The maximum absolute atomic E-state index is 4.19. The molecule has 0 aromatic rings. The van der Waals surface area contributed by atoms with Crippen molar-refractivity contribution in [1.29, 1.82) is 0 Å². The van der Waals surface area contributed by atoms with Crippen LogP contribution in [0.5, 0.6) is 0 Å². The van der Waals surface area contributed by atoms with Crippen LogP contribution in [-0.2, 0) is 0 Å². The zero-order chi connectivity index (χ0) is 25.8. The first-order valence-electron chi connectivity index (χ1n) is 13.0. The number of rotatable bonds is 8. The van der Waals surface area contributed by atoms with Crippen LogP contribution < -0.4 is 0 Å². The molecule has 0 aliphatic rings. The van der Waals surface area contributed by atoms with E-state index in [1.54, 1.807) is 0 Å². The predicted molar refractivity (Wildman–Crippen MR) is 152 cm³/mol. The fourth-order valence-corrected chi connectivity index (χ4v) is 45.4. The fourth-order valence-electron chi connectivity index (χ4n) is 5.52. The Labute approximate surface area is 212 Å². The Balaban J connectivity index is 7.93. The second-order valence-corrected chi connectivity index (χ2v) is 33.8. The molecule has 4 heteroatoms. The van der Waals surface area contributed by atoms with Crippen LogP contribution in [-0.4, -0.2) is 63.8 Å². The molecule has 186 valence electrons. The van der Waals surface area contributed by atoms with E-state index in [0.29, 0.717) is 7.94 Å². The topological polar surface area (TPSA) is 6.48 Å². The van der Waals surface area contributed by atoms with Gasteiger partial charge in [0.25, 0.3) is 0 Å². The van der Waals surface area contributed by atoms with Gasteiger partial charge in [-0.1, -0.05) is 0 Å². The molecule has 0 unspecified atom stereocenters. The van der Waals surface area contributed by atoms with Crippen molar-refractivity contribution in [2.75, 3.05) is 26.2 Å². The Bertz CT molecular complexity index is 638. The minimum absolute atomic E-state index is 0.00953. The van der Waals surface area contributed by atoms with Crippen LogP contribution in [0, 0.1) is 21.5 Å². The number of allylic oxidation sites excluding steroid dienone is 1. The number of hydrogen-bond donors (Lipinski definition) is 0. The van der Waals surface area contributed by atoms with Crippen molar-refractivity contribution in [3.05, 3.63) is 9.04 Å². The van der Waals surface area contributed by atoms with Crippen molar-refractivity contribution in [1.82, 2.24) is 7.71 Å². The van der Waals surface area contributed by atoms with Gasteiger partial charge in [0.05, 0.1) is 0 Å². The summed E-state index contributed by atoms with van der Waals surface area (Å²) in [6.45, 7) is 42.9. The summed E-state index contributed by atoms with van der Waals surface area (Å²) in [5, 5.41) is 0. The van der Waals surface area contributed by atoms with E-state index in [-0.39, 0.29) is 10.8 Å². The van der Waals surface area contributed by atoms with Crippen LogP contribution in [0.4, 0.5) is 0 Å². The molecule has 0 atom stereocenters. The van der Waals surface area contributed by atoms with Crippen LogP contribution in [0.25, 0.3) is 0 Å². The summed E-state index contributed by atoms with van der Waals surface area (Å²) in [6.07, 6.45) is 2.74. The summed E-state index contributed by atoms with van der Waals surface area (Å²) in [6, 6.07) is 0. The fraction of sp³-hybridized carbons (Fsp3) is 0.857. The molecule has 0 aromatic heterocycles. The molecule has 0 radical (unpaired) electrons. The van der Waals surface area contributed by atoms with E-state index in [1.807, 2.05) is 2.96 Å². The third-order valence-electron chi connectivity index (χ3n) is 6.09. The second-order valence-electron chi connectivity index (χ2n) is 13.6. The molecule has 0 spiro atoms. The zero-order valence-electron chi connectivity index (χ0n) is 24.9. The quantitative estimate of drug-likeness (QED) is 0.219. The average Bonchev–Trinajstić information content (AvgIpc) is 2.55. The molecule has 0 saturated carbocycles. The first-order valence-corrected chi connectivity index (χ1v) is 20.6. The van der Waals surface area contributed by atoms with Gasteiger partial charge in [0.15, 0.2) is 0 Å². The Morgan fingerprint density at radius 1 is 0.688 bits per heavy atom. The Hall–Kier alpha value is 0.399. The summed E-state index contributed by atoms with van der Waals surface area (Å²) >= 11 is -5.27. The monoisotopic (exact) mass is 564 g/mol. The molecule has 0 aromatic carbocycles. The third kappa shape index (κ3) is 8.88. The number of hydrogen-bond acceptors (Lipinski definition) is 2. The van der Waals surface area contributed by atoms with Crippen LogP contribution in [0.15, 0.2) is 9.04 Å².